The average Bonchev–Trinajstić information content (AvgIpc) is 2.92. The number of hydrogen-bond donors (Lipinski definition) is 2. The third kappa shape index (κ3) is 4.37. The molecule has 0 atom stereocenters. The Morgan fingerprint density at radius 1 is 1.26 bits per heavy atom. The quantitative estimate of drug-likeness (QED) is 0.601. The Balaban J connectivity index is 1.66. The molecule has 4 nitrogen and oxygen atoms in total. The monoisotopic (exact) mass is 274 g/mol. The molecule has 5 heteroatoms. The molecule has 2 rings (SSSR count). The van der Waals surface area contributed by atoms with Crippen molar-refractivity contribution in [2.24, 2.45) is 5.73 Å². The number of imidazole rings is 1. The molecule has 19 heavy (non-hydrogen) atoms. The zero-order valence-electron chi connectivity index (χ0n) is 10.7. The Kier molecular flexibility index (Phi) is 4.92. The molecule has 0 amide bonds. The highest BCUT2D eigenvalue weighted by Crippen LogP contribution is 2.09. The summed E-state index contributed by atoms with van der Waals surface area (Å²) in [6.07, 6.45) is 7.90. The van der Waals surface area contributed by atoms with Gasteiger partial charge in [-0.3, -0.25) is 0 Å². The average molecular weight is 274 g/mol. The molecular formula is C14H18N4S. The first-order chi connectivity index (χ1) is 9.25. The highest BCUT2D eigenvalue weighted by molar-refractivity contribution is 7.80. The summed E-state index contributed by atoms with van der Waals surface area (Å²) in [5.41, 5.74) is 7.56. The molecule has 0 radical (unpaired) electrons. The summed E-state index contributed by atoms with van der Waals surface area (Å²) in [6, 6.07) is 7.89. The molecular weight excluding hydrogens is 256 g/mol. The van der Waals surface area contributed by atoms with Gasteiger partial charge >= 0.3 is 0 Å². The summed E-state index contributed by atoms with van der Waals surface area (Å²) >= 11 is 4.92. The van der Waals surface area contributed by atoms with Crippen LogP contribution >= 0.6 is 12.2 Å². The number of nitrogens with two attached hydrogens (primary N) is 1. The second kappa shape index (κ2) is 6.89. The number of rotatable bonds is 7. The Morgan fingerprint density at radius 3 is 2.68 bits per heavy atom. The topological polar surface area (TPSA) is 55.9 Å². The minimum Gasteiger partial charge on any atom is -0.389 e. The summed E-state index contributed by atoms with van der Waals surface area (Å²) in [6.45, 7) is 1.98. The van der Waals surface area contributed by atoms with Crippen molar-refractivity contribution in [1.82, 2.24) is 9.55 Å². The number of nitrogens with one attached hydrogen (secondary N) is 1. The molecule has 0 saturated carbocycles. The molecule has 0 spiro atoms. The van der Waals surface area contributed by atoms with Crippen LogP contribution in [0.3, 0.4) is 0 Å². The van der Waals surface area contributed by atoms with E-state index in [2.05, 4.69) is 14.9 Å². The van der Waals surface area contributed by atoms with E-state index < -0.39 is 0 Å². The molecule has 0 aliphatic carbocycles. The first kappa shape index (κ1) is 13.5. The van der Waals surface area contributed by atoms with Gasteiger partial charge in [0.25, 0.3) is 0 Å². The lowest BCUT2D eigenvalue weighted by Gasteiger charge is -2.07. The van der Waals surface area contributed by atoms with Gasteiger partial charge in [-0.05, 0) is 37.1 Å². The van der Waals surface area contributed by atoms with E-state index in [-0.39, 0.29) is 0 Å². The largest absolute Gasteiger partial charge is 0.389 e. The molecule has 0 saturated heterocycles. The maximum Gasteiger partial charge on any atom is 0.103 e. The second-order valence-corrected chi connectivity index (χ2v) is 4.82. The van der Waals surface area contributed by atoms with Gasteiger partial charge in [-0.2, -0.15) is 0 Å². The smallest absolute Gasteiger partial charge is 0.103 e. The van der Waals surface area contributed by atoms with Gasteiger partial charge in [0.05, 0.1) is 6.33 Å². The van der Waals surface area contributed by atoms with Gasteiger partial charge in [0, 0.05) is 36.7 Å². The molecule has 3 N–H and O–H groups in total. The molecule has 2 aromatic rings. The number of nitrogens with zero attached hydrogens (tertiary/aromatic N) is 2. The Hall–Kier alpha value is -1.88. The van der Waals surface area contributed by atoms with Crippen molar-refractivity contribution in [2.45, 2.75) is 19.4 Å². The van der Waals surface area contributed by atoms with E-state index in [1.807, 2.05) is 43.0 Å². The number of unbranched alkanes of at least 4 members (excludes halogenated alkanes) is 1. The third-order valence-electron chi connectivity index (χ3n) is 2.90. The summed E-state index contributed by atoms with van der Waals surface area (Å²) in [5, 5.41) is 3.38. The van der Waals surface area contributed by atoms with Gasteiger partial charge in [0.2, 0.25) is 0 Å². The number of hydrogen-bond acceptors (Lipinski definition) is 3. The Morgan fingerprint density at radius 2 is 2.05 bits per heavy atom. The van der Waals surface area contributed by atoms with Crippen LogP contribution in [0.1, 0.15) is 18.4 Å². The fourth-order valence-corrected chi connectivity index (χ4v) is 1.96. The summed E-state index contributed by atoms with van der Waals surface area (Å²) in [5.74, 6) is 0. The Bertz CT molecular complexity index is 505. The van der Waals surface area contributed by atoms with E-state index >= 15 is 0 Å². The number of aromatic nitrogens is 2. The van der Waals surface area contributed by atoms with E-state index in [1.165, 1.54) is 0 Å². The van der Waals surface area contributed by atoms with Crippen molar-refractivity contribution in [3.8, 4) is 0 Å². The summed E-state index contributed by atoms with van der Waals surface area (Å²) in [7, 11) is 0. The van der Waals surface area contributed by atoms with Gasteiger partial charge in [-0.25, -0.2) is 4.98 Å². The van der Waals surface area contributed by atoms with Crippen LogP contribution in [0.4, 0.5) is 5.69 Å². The Labute approximate surface area is 118 Å². The minimum atomic E-state index is 0.437. The van der Waals surface area contributed by atoms with Crippen LogP contribution in [0.25, 0.3) is 0 Å². The summed E-state index contributed by atoms with van der Waals surface area (Å²) < 4.78 is 2.09. The van der Waals surface area contributed by atoms with Gasteiger partial charge in [-0.15, -0.1) is 0 Å². The predicted molar refractivity (Wildman–Crippen MR) is 82.3 cm³/mol. The third-order valence-corrected chi connectivity index (χ3v) is 3.14. The molecule has 100 valence electrons. The van der Waals surface area contributed by atoms with Gasteiger partial charge in [0.15, 0.2) is 0 Å². The number of aryl methyl sites for hydroxylation is 1. The minimum absolute atomic E-state index is 0.437. The number of benzene rings is 1. The molecule has 0 fully saturated rings. The predicted octanol–water partition coefficient (Wildman–Crippen LogP) is 2.41. The molecule has 0 bridgehead atoms. The molecule has 1 aromatic carbocycles. The van der Waals surface area contributed by atoms with Crippen molar-refractivity contribution < 1.29 is 0 Å². The van der Waals surface area contributed by atoms with Crippen LogP contribution in [-0.2, 0) is 6.54 Å². The molecule has 0 unspecified atom stereocenters. The van der Waals surface area contributed by atoms with Crippen LogP contribution < -0.4 is 11.1 Å². The van der Waals surface area contributed by atoms with Gasteiger partial charge < -0.3 is 15.6 Å². The summed E-state index contributed by atoms with van der Waals surface area (Å²) in [4.78, 5) is 4.45. The normalized spacial score (nSPS) is 10.3. The van der Waals surface area contributed by atoms with Crippen molar-refractivity contribution in [1.29, 1.82) is 0 Å². The van der Waals surface area contributed by atoms with Crippen molar-refractivity contribution >= 4 is 22.9 Å². The zero-order valence-corrected chi connectivity index (χ0v) is 11.6. The molecule has 1 aromatic heterocycles. The highest BCUT2D eigenvalue weighted by atomic mass is 32.1. The van der Waals surface area contributed by atoms with Crippen molar-refractivity contribution in [3.05, 3.63) is 48.5 Å². The van der Waals surface area contributed by atoms with E-state index in [1.54, 1.807) is 0 Å². The van der Waals surface area contributed by atoms with Crippen molar-refractivity contribution in [2.75, 3.05) is 11.9 Å². The van der Waals surface area contributed by atoms with E-state index in [0.717, 1.165) is 37.2 Å². The van der Waals surface area contributed by atoms with Crippen LogP contribution in [-0.4, -0.2) is 21.1 Å². The molecule has 1 heterocycles. The maximum atomic E-state index is 5.55. The number of thiocarbonyl (C=S) groups is 1. The van der Waals surface area contributed by atoms with Gasteiger partial charge in [0.1, 0.15) is 4.99 Å². The van der Waals surface area contributed by atoms with Crippen LogP contribution in [0.15, 0.2) is 43.0 Å². The van der Waals surface area contributed by atoms with E-state index in [9.17, 15) is 0 Å². The van der Waals surface area contributed by atoms with Crippen molar-refractivity contribution in [3.63, 3.8) is 0 Å². The fraction of sp³-hybridized carbons (Fsp3) is 0.286. The number of anilines is 1. The van der Waals surface area contributed by atoms with Crippen LogP contribution in [0, 0.1) is 0 Å². The lowest BCUT2D eigenvalue weighted by Crippen LogP contribution is -2.09. The van der Waals surface area contributed by atoms with Crippen LogP contribution in [0.5, 0.6) is 0 Å². The first-order valence-electron chi connectivity index (χ1n) is 6.35. The zero-order chi connectivity index (χ0) is 13.5. The lowest BCUT2D eigenvalue weighted by molar-refractivity contribution is 0.621. The highest BCUT2D eigenvalue weighted by Gasteiger charge is 1.96. The SMILES string of the molecule is NC(=S)c1ccc(NCCCCn2ccnc2)cc1. The van der Waals surface area contributed by atoms with E-state index in [4.69, 9.17) is 18.0 Å². The first-order valence-corrected chi connectivity index (χ1v) is 6.76. The van der Waals surface area contributed by atoms with Gasteiger partial charge in [-0.1, -0.05) is 12.2 Å². The second-order valence-electron chi connectivity index (χ2n) is 4.38. The molecule has 0 aliphatic heterocycles. The molecule has 0 aliphatic rings. The standard InChI is InChI=1S/C14H18N4S/c15-14(19)12-3-5-13(6-4-12)17-7-1-2-9-18-10-8-16-11-18/h3-6,8,10-11,17H,1-2,7,9H2,(H2,15,19). The fourth-order valence-electron chi connectivity index (χ4n) is 1.82. The lowest BCUT2D eigenvalue weighted by atomic mass is 10.2. The van der Waals surface area contributed by atoms with Crippen LogP contribution in [0.2, 0.25) is 0 Å². The maximum absolute atomic E-state index is 5.55. The van der Waals surface area contributed by atoms with E-state index in [0.29, 0.717) is 4.99 Å².